The molecule has 0 aliphatic heterocycles. The molecule has 7 heteroatoms. The second-order valence-electron chi connectivity index (χ2n) is 6.69. The van der Waals surface area contributed by atoms with Gasteiger partial charge in [-0.2, -0.15) is 0 Å². The second-order valence-corrected chi connectivity index (χ2v) is 7.08. The van der Waals surface area contributed by atoms with Crippen LogP contribution in [0.15, 0.2) is 23.0 Å². The van der Waals surface area contributed by atoms with Gasteiger partial charge < -0.3 is 25.0 Å². The van der Waals surface area contributed by atoms with Crippen molar-refractivity contribution in [1.82, 2.24) is 15.2 Å². The Morgan fingerprint density at radius 2 is 2.04 bits per heavy atom. The molecule has 0 aliphatic carbocycles. The molecular formula is C20H29N3O3S. The summed E-state index contributed by atoms with van der Waals surface area (Å²) in [4.78, 5) is 17.6. The smallest absolute Gasteiger partial charge is 0.253 e. The highest BCUT2D eigenvalue weighted by molar-refractivity contribution is 7.80. The predicted octanol–water partition coefficient (Wildman–Crippen LogP) is 2.24. The lowest BCUT2D eigenvalue weighted by Crippen LogP contribution is -2.41. The Balaban J connectivity index is 2.23. The quantitative estimate of drug-likeness (QED) is 0.450. The number of benzene rings is 1. The fraction of sp³-hybridized carbons (Fsp3) is 0.500. The van der Waals surface area contributed by atoms with Crippen LogP contribution in [0.4, 0.5) is 0 Å². The maximum atomic E-state index is 12.6. The molecule has 0 saturated carbocycles. The predicted molar refractivity (Wildman–Crippen MR) is 113 cm³/mol. The van der Waals surface area contributed by atoms with Crippen LogP contribution in [0, 0.1) is 13.8 Å². The molecule has 27 heavy (non-hydrogen) atoms. The first-order chi connectivity index (χ1) is 13.0. The van der Waals surface area contributed by atoms with Crippen molar-refractivity contribution in [2.45, 2.75) is 33.2 Å². The number of aryl methyl sites for hydroxylation is 2. The number of nitrogens with one attached hydrogen (secondary N) is 2. The third-order valence-corrected chi connectivity index (χ3v) is 4.96. The molecule has 1 heterocycles. The molecule has 0 saturated heterocycles. The SMILES string of the molecule is COCCCNC(=S)N(CCCO)Cc1cc2c(C)ccc(C)c2[nH]c1=O. The van der Waals surface area contributed by atoms with E-state index in [0.717, 1.165) is 28.5 Å². The highest BCUT2D eigenvalue weighted by atomic mass is 32.1. The molecule has 0 atom stereocenters. The third kappa shape index (κ3) is 5.76. The van der Waals surface area contributed by atoms with E-state index in [0.29, 0.717) is 43.3 Å². The molecule has 0 spiro atoms. The molecule has 6 nitrogen and oxygen atoms in total. The van der Waals surface area contributed by atoms with Crippen LogP contribution in [0.5, 0.6) is 0 Å². The lowest BCUT2D eigenvalue weighted by atomic mass is 10.0. The van der Waals surface area contributed by atoms with E-state index in [2.05, 4.69) is 16.4 Å². The van der Waals surface area contributed by atoms with Crippen LogP contribution < -0.4 is 10.9 Å². The molecule has 0 aliphatic rings. The zero-order valence-corrected chi connectivity index (χ0v) is 17.1. The Bertz CT molecular complexity index is 835. The third-order valence-electron chi connectivity index (χ3n) is 4.56. The van der Waals surface area contributed by atoms with Crippen molar-refractivity contribution in [3.8, 4) is 0 Å². The number of hydrogen-bond acceptors (Lipinski definition) is 4. The van der Waals surface area contributed by atoms with Gasteiger partial charge in [0.05, 0.1) is 12.1 Å². The number of aliphatic hydroxyl groups excluding tert-OH is 1. The summed E-state index contributed by atoms with van der Waals surface area (Å²) >= 11 is 5.50. The summed E-state index contributed by atoms with van der Waals surface area (Å²) in [5, 5.41) is 14.0. The van der Waals surface area contributed by atoms with Gasteiger partial charge in [0.15, 0.2) is 5.11 Å². The van der Waals surface area contributed by atoms with Crippen molar-refractivity contribution < 1.29 is 9.84 Å². The molecule has 1 aromatic carbocycles. The van der Waals surface area contributed by atoms with Crippen LogP contribution in [0.1, 0.15) is 29.5 Å². The minimum Gasteiger partial charge on any atom is -0.396 e. The Kier molecular flexibility index (Phi) is 8.22. The summed E-state index contributed by atoms with van der Waals surface area (Å²) in [6.45, 7) is 6.45. The van der Waals surface area contributed by atoms with Gasteiger partial charge in [-0.05, 0) is 56.1 Å². The second kappa shape index (κ2) is 10.4. The Morgan fingerprint density at radius 1 is 1.30 bits per heavy atom. The molecule has 2 rings (SSSR count). The van der Waals surface area contributed by atoms with Crippen molar-refractivity contribution in [3.63, 3.8) is 0 Å². The van der Waals surface area contributed by atoms with Gasteiger partial charge in [0.1, 0.15) is 0 Å². The largest absolute Gasteiger partial charge is 0.396 e. The Morgan fingerprint density at radius 3 is 2.74 bits per heavy atom. The number of ether oxygens (including phenoxy) is 1. The van der Waals surface area contributed by atoms with Crippen molar-refractivity contribution in [2.24, 2.45) is 0 Å². The molecular weight excluding hydrogens is 362 g/mol. The number of H-pyrrole nitrogens is 1. The first kappa shape index (κ1) is 21.3. The molecule has 0 amide bonds. The van der Waals surface area contributed by atoms with Gasteiger partial charge in [-0.3, -0.25) is 4.79 Å². The van der Waals surface area contributed by atoms with Gasteiger partial charge in [0.2, 0.25) is 0 Å². The molecule has 2 aromatic rings. The molecule has 3 N–H and O–H groups in total. The Hall–Kier alpha value is -1.96. The van der Waals surface area contributed by atoms with E-state index in [9.17, 15) is 9.90 Å². The number of methoxy groups -OCH3 is 1. The molecule has 0 fully saturated rings. The first-order valence-corrected chi connectivity index (χ1v) is 9.63. The maximum Gasteiger partial charge on any atom is 0.253 e. The summed E-state index contributed by atoms with van der Waals surface area (Å²) in [6, 6.07) is 6.03. The molecule has 0 unspecified atom stereocenters. The number of aromatic nitrogens is 1. The number of pyridine rings is 1. The van der Waals surface area contributed by atoms with E-state index in [-0.39, 0.29) is 12.2 Å². The zero-order chi connectivity index (χ0) is 19.8. The van der Waals surface area contributed by atoms with Gasteiger partial charge in [-0.25, -0.2) is 0 Å². The average molecular weight is 392 g/mol. The minimum absolute atomic E-state index is 0.0785. The van der Waals surface area contributed by atoms with Gasteiger partial charge in [-0.1, -0.05) is 12.1 Å². The highest BCUT2D eigenvalue weighted by Gasteiger charge is 2.14. The van der Waals surface area contributed by atoms with E-state index in [1.54, 1.807) is 7.11 Å². The van der Waals surface area contributed by atoms with Crippen LogP contribution in [0.25, 0.3) is 10.9 Å². The number of hydrogen-bond donors (Lipinski definition) is 3. The summed E-state index contributed by atoms with van der Waals surface area (Å²) in [5.41, 5.74) is 3.61. The van der Waals surface area contributed by atoms with Gasteiger partial charge in [0, 0.05) is 44.4 Å². The number of fused-ring (bicyclic) bond motifs is 1. The normalized spacial score (nSPS) is 11.0. The van der Waals surface area contributed by atoms with E-state index in [1.165, 1.54) is 0 Å². The number of nitrogens with zero attached hydrogens (tertiary/aromatic N) is 1. The maximum absolute atomic E-state index is 12.6. The molecule has 148 valence electrons. The van der Waals surface area contributed by atoms with Crippen molar-refractivity contribution in [1.29, 1.82) is 0 Å². The average Bonchev–Trinajstić information content (AvgIpc) is 2.66. The highest BCUT2D eigenvalue weighted by Crippen LogP contribution is 2.20. The van der Waals surface area contributed by atoms with Gasteiger partial charge >= 0.3 is 0 Å². The van der Waals surface area contributed by atoms with Crippen LogP contribution in [0.2, 0.25) is 0 Å². The van der Waals surface area contributed by atoms with Crippen LogP contribution >= 0.6 is 12.2 Å². The number of rotatable bonds is 9. The number of thiocarbonyl (C=S) groups is 1. The van der Waals surface area contributed by atoms with Crippen LogP contribution in [0.3, 0.4) is 0 Å². The fourth-order valence-electron chi connectivity index (χ4n) is 2.98. The summed E-state index contributed by atoms with van der Waals surface area (Å²) < 4.78 is 5.05. The molecule has 0 bridgehead atoms. The van der Waals surface area contributed by atoms with E-state index >= 15 is 0 Å². The summed E-state index contributed by atoms with van der Waals surface area (Å²) in [7, 11) is 1.67. The molecule has 0 radical (unpaired) electrons. The lowest BCUT2D eigenvalue weighted by molar-refractivity contribution is 0.195. The van der Waals surface area contributed by atoms with Gasteiger partial charge in [0.25, 0.3) is 5.56 Å². The van der Waals surface area contributed by atoms with Crippen molar-refractivity contribution in [3.05, 3.63) is 45.2 Å². The van der Waals surface area contributed by atoms with Crippen molar-refractivity contribution >= 4 is 28.2 Å². The van der Waals surface area contributed by atoms with Gasteiger partial charge in [-0.15, -0.1) is 0 Å². The van der Waals surface area contributed by atoms with Crippen LogP contribution in [-0.4, -0.2) is 53.5 Å². The number of aliphatic hydroxyl groups is 1. The summed E-state index contributed by atoms with van der Waals surface area (Å²) in [5.74, 6) is 0. The topological polar surface area (TPSA) is 77.6 Å². The van der Waals surface area contributed by atoms with E-state index < -0.39 is 0 Å². The minimum atomic E-state index is -0.104. The van der Waals surface area contributed by atoms with E-state index in [4.69, 9.17) is 17.0 Å². The first-order valence-electron chi connectivity index (χ1n) is 9.22. The fourth-order valence-corrected chi connectivity index (χ4v) is 3.24. The van der Waals surface area contributed by atoms with Crippen molar-refractivity contribution in [2.75, 3.05) is 33.4 Å². The monoisotopic (exact) mass is 391 g/mol. The zero-order valence-electron chi connectivity index (χ0n) is 16.3. The molecule has 1 aromatic heterocycles. The number of aromatic amines is 1. The van der Waals surface area contributed by atoms with E-state index in [1.807, 2.05) is 30.9 Å². The van der Waals surface area contributed by atoms with Crippen LogP contribution in [-0.2, 0) is 11.3 Å². The Labute approximate surface area is 165 Å². The summed E-state index contributed by atoms with van der Waals surface area (Å²) in [6.07, 6.45) is 1.43. The standard InChI is InChI=1S/C20H29N3O3S/c1-14-6-7-15(2)18-17(14)12-16(19(25)22-18)13-23(9-5-10-24)20(27)21-8-4-11-26-3/h6-7,12,24H,4-5,8-11,13H2,1-3H3,(H,21,27)(H,22,25). The lowest BCUT2D eigenvalue weighted by Gasteiger charge is -2.25.